The number of rotatable bonds is 1. The molecule has 0 aromatic heterocycles. The fraction of sp³-hybridized carbons (Fsp3) is 0.917. The number of carbonyl (C=O) groups excluding carboxylic acids is 1. The Kier molecular flexibility index (Phi) is 2.75. The number of likely N-dealkylation sites (tertiary alicyclic amines) is 1. The molecule has 1 saturated heterocycles. The molecular weight excluding hydrogens is 188 g/mol. The predicted molar refractivity (Wildman–Crippen MR) is 60.4 cm³/mol. The van der Waals surface area contributed by atoms with E-state index in [1.807, 2.05) is 4.90 Å². The summed E-state index contributed by atoms with van der Waals surface area (Å²) in [6.07, 6.45) is 6.37. The summed E-state index contributed by atoms with van der Waals surface area (Å²) < 4.78 is 0. The maximum Gasteiger partial charge on any atom is 0.243 e. The van der Waals surface area contributed by atoms with Gasteiger partial charge in [-0.3, -0.25) is 4.79 Å². The molecule has 0 aromatic carbocycles. The Bertz CT molecular complexity index is 250. The van der Waals surface area contributed by atoms with E-state index in [4.69, 9.17) is 5.73 Å². The third-order valence-corrected chi connectivity index (χ3v) is 4.10. The number of carbonyl (C=O) groups is 1. The van der Waals surface area contributed by atoms with Crippen molar-refractivity contribution in [3.63, 3.8) is 0 Å². The average Bonchev–Trinajstić information content (AvgIpc) is 2.13. The third-order valence-electron chi connectivity index (χ3n) is 4.10. The summed E-state index contributed by atoms with van der Waals surface area (Å²) in [7, 11) is 0. The zero-order valence-electron chi connectivity index (χ0n) is 9.83. The normalized spacial score (nSPS) is 34.7. The summed E-state index contributed by atoms with van der Waals surface area (Å²) in [5, 5.41) is 0. The van der Waals surface area contributed by atoms with Gasteiger partial charge in [0.05, 0.1) is 5.54 Å². The number of hydrogen-bond acceptors (Lipinski definition) is 2. The molecule has 2 rings (SSSR count). The van der Waals surface area contributed by atoms with Crippen molar-refractivity contribution in [1.82, 2.24) is 4.90 Å². The molecule has 1 amide bonds. The molecule has 86 valence electrons. The van der Waals surface area contributed by atoms with Crippen molar-refractivity contribution < 1.29 is 4.79 Å². The molecule has 1 aliphatic heterocycles. The van der Waals surface area contributed by atoms with Gasteiger partial charge < -0.3 is 10.6 Å². The van der Waals surface area contributed by atoms with Crippen molar-refractivity contribution in [2.75, 3.05) is 0 Å². The highest BCUT2D eigenvalue weighted by Gasteiger charge is 2.45. The van der Waals surface area contributed by atoms with Gasteiger partial charge in [-0.2, -0.15) is 0 Å². The second-order valence-electron chi connectivity index (χ2n) is 5.35. The summed E-state index contributed by atoms with van der Waals surface area (Å²) in [5.41, 5.74) is 5.60. The Morgan fingerprint density at radius 1 is 1.20 bits per heavy atom. The lowest BCUT2D eigenvalue weighted by atomic mass is 9.75. The fourth-order valence-corrected chi connectivity index (χ4v) is 2.85. The van der Waals surface area contributed by atoms with Gasteiger partial charge in [0.15, 0.2) is 0 Å². The molecule has 3 heteroatoms. The Labute approximate surface area is 92.0 Å². The molecule has 15 heavy (non-hydrogen) atoms. The van der Waals surface area contributed by atoms with Crippen LogP contribution in [0.3, 0.4) is 0 Å². The van der Waals surface area contributed by atoms with E-state index in [1.165, 1.54) is 6.42 Å². The van der Waals surface area contributed by atoms with Gasteiger partial charge in [0.2, 0.25) is 5.91 Å². The van der Waals surface area contributed by atoms with Crippen molar-refractivity contribution in [3.8, 4) is 0 Å². The summed E-state index contributed by atoms with van der Waals surface area (Å²) in [6, 6.07) is 0.754. The molecule has 1 aliphatic carbocycles. The first kappa shape index (κ1) is 10.9. The second kappa shape index (κ2) is 3.78. The quantitative estimate of drug-likeness (QED) is 0.715. The van der Waals surface area contributed by atoms with E-state index in [-0.39, 0.29) is 5.91 Å². The minimum absolute atomic E-state index is 0.202. The SMILES string of the molecule is C[C@@H]1CCC[C@H](C)N1C(=O)C1(N)CCC1. The van der Waals surface area contributed by atoms with Crippen LogP contribution in [0.1, 0.15) is 52.4 Å². The lowest BCUT2D eigenvalue weighted by Crippen LogP contribution is -2.63. The summed E-state index contributed by atoms with van der Waals surface area (Å²) >= 11 is 0. The molecule has 2 atom stereocenters. The average molecular weight is 210 g/mol. The van der Waals surface area contributed by atoms with Crippen LogP contribution < -0.4 is 5.73 Å². The lowest BCUT2D eigenvalue weighted by Gasteiger charge is -2.46. The monoisotopic (exact) mass is 210 g/mol. The summed E-state index contributed by atoms with van der Waals surface area (Å²) in [5.74, 6) is 0.202. The van der Waals surface area contributed by atoms with Gasteiger partial charge in [-0.25, -0.2) is 0 Å². The summed E-state index contributed by atoms with van der Waals surface area (Å²) in [4.78, 5) is 14.4. The van der Waals surface area contributed by atoms with Crippen LogP contribution in [0.5, 0.6) is 0 Å². The van der Waals surface area contributed by atoms with E-state index < -0.39 is 5.54 Å². The molecule has 0 spiro atoms. The van der Waals surface area contributed by atoms with E-state index in [1.54, 1.807) is 0 Å². The number of nitrogens with zero attached hydrogens (tertiary/aromatic N) is 1. The molecule has 0 bridgehead atoms. The molecule has 1 heterocycles. The minimum Gasteiger partial charge on any atom is -0.336 e. The highest BCUT2D eigenvalue weighted by molar-refractivity contribution is 5.87. The number of amides is 1. The van der Waals surface area contributed by atoms with Crippen LogP contribution in [0.15, 0.2) is 0 Å². The van der Waals surface area contributed by atoms with Gasteiger partial charge in [-0.1, -0.05) is 0 Å². The van der Waals surface area contributed by atoms with Crippen molar-refractivity contribution in [1.29, 1.82) is 0 Å². The predicted octanol–water partition coefficient (Wildman–Crippen LogP) is 1.66. The Morgan fingerprint density at radius 2 is 1.73 bits per heavy atom. The lowest BCUT2D eigenvalue weighted by molar-refractivity contribution is -0.146. The second-order valence-corrected chi connectivity index (χ2v) is 5.35. The third kappa shape index (κ3) is 1.78. The topological polar surface area (TPSA) is 46.3 Å². The molecule has 2 N–H and O–H groups in total. The van der Waals surface area contributed by atoms with Crippen LogP contribution in [0, 0.1) is 0 Å². The zero-order chi connectivity index (χ0) is 11.1. The van der Waals surface area contributed by atoms with E-state index in [0.717, 1.165) is 32.1 Å². The Hall–Kier alpha value is -0.570. The zero-order valence-corrected chi connectivity index (χ0v) is 9.83. The van der Waals surface area contributed by atoms with Crippen molar-refractivity contribution >= 4 is 5.91 Å². The highest BCUT2D eigenvalue weighted by atomic mass is 16.2. The maximum absolute atomic E-state index is 12.3. The molecule has 2 aliphatic rings. The van der Waals surface area contributed by atoms with Gasteiger partial charge in [-0.05, 0) is 52.4 Å². The standard InChI is InChI=1S/C12H22N2O/c1-9-5-3-6-10(2)14(9)11(15)12(13)7-4-8-12/h9-10H,3-8,13H2,1-2H3/t9-,10+. The van der Waals surface area contributed by atoms with E-state index in [0.29, 0.717) is 12.1 Å². The van der Waals surface area contributed by atoms with Crippen LogP contribution >= 0.6 is 0 Å². The maximum atomic E-state index is 12.3. The molecule has 2 fully saturated rings. The molecule has 0 aromatic rings. The van der Waals surface area contributed by atoms with Gasteiger partial charge in [0.25, 0.3) is 0 Å². The first-order chi connectivity index (χ1) is 7.04. The van der Waals surface area contributed by atoms with Crippen LogP contribution in [0.25, 0.3) is 0 Å². The van der Waals surface area contributed by atoms with E-state index >= 15 is 0 Å². The first-order valence-corrected chi connectivity index (χ1v) is 6.16. The van der Waals surface area contributed by atoms with E-state index in [9.17, 15) is 4.79 Å². The number of piperidine rings is 1. The molecule has 1 saturated carbocycles. The van der Waals surface area contributed by atoms with Crippen LogP contribution in [-0.2, 0) is 4.79 Å². The van der Waals surface area contributed by atoms with Crippen LogP contribution in [0.2, 0.25) is 0 Å². The molecule has 3 nitrogen and oxygen atoms in total. The van der Waals surface area contributed by atoms with Gasteiger partial charge in [0, 0.05) is 12.1 Å². The first-order valence-electron chi connectivity index (χ1n) is 6.16. The highest BCUT2D eigenvalue weighted by Crippen LogP contribution is 2.34. The van der Waals surface area contributed by atoms with E-state index in [2.05, 4.69) is 13.8 Å². The van der Waals surface area contributed by atoms with Crippen LogP contribution in [0.4, 0.5) is 0 Å². The van der Waals surface area contributed by atoms with Crippen molar-refractivity contribution in [2.45, 2.75) is 70.0 Å². The smallest absolute Gasteiger partial charge is 0.243 e. The van der Waals surface area contributed by atoms with Crippen molar-refractivity contribution in [3.05, 3.63) is 0 Å². The van der Waals surface area contributed by atoms with Gasteiger partial charge in [-0.15, -0.1) is 0 Å². The van der Waals surface area contributed by atoms with Crippen LogP contribution in [-0.4, -0.2) is 28.4 Å². The van der Waals surface area contributed by atoms with Crippen molar-refractivity contribution in [2.24, 2.45) is 5.73 Å². The summed E-state index contributed by atoms with van der Waals surface area (Å²) in [6.45, 7) is 4.30. The minimum atomic E-state index is -0.514. The molecule has 0 unspecified atom stereocenters. The van der Waals surface area contributed by atoms with Gasteiger partial charge in [0.1, 0.15) is 0 Å². The Balaban J connectivity index is 2.10. The Morgan fingerprint density at radius 3 is 2.13 bits per heavy atom. The number of nitrogens with two attached hydrogens (primary N) is 1. The molecular formula is C12H22N2O. The fourth-order valence-electron chi connectivity index (χ4n) is 2.85. The molecule has 0 radical (unpaired) electrons. The number of hydrogen-bond donors (Lipinski definition) is 1. The largest absolute Gasteiger partial charge is 0.336 e. The van der Waals surface area contributed by atoms with Gasteiger partial charge >= 0.3 is 0 Å².